The number of aryl methyl sites for hydroxylation is 2. The number of amides is 2. The van der Waals surface area contributed by atoms with Crippen molar-refractivity contribution < 1.29 is 9.59 Å². The minimum atomic E-state index is -0.477. The number of rotatable bonds is 3. The number of hydrogen-bond donors (Lipinski definition) is 1. The number of benzene rings is 1. The summed E-state index contributed by atoms with van der Waals surface area (Å²) in [5, 5.41) is 0.842. The highest BCUT2D eigenvalue weighted by Gasteiger charge is 2.56. The van der Waals surface area contributed by atoms with Crippen molar-refractivity contribution in [1.82, 2.24) is 9.88 Å². The molecule has 2 N–H and O–H groups in total. The molecule has 2 aromatic rings. The Morgan fingerprint density at radius 1 is 1.33 bits per heavy atom. The van der Waals surface area contributed by atoms with E-state index in [2.05, 4.69) is 11.1 Å². The van der Waals surface area contributed by atoms with E-state index in [0.717, 1.165) is 27.4 Å². The van der Waals surface area contributed by atoms with Gasteiger partial charge in [0, 0.05) is 6.54 Å². The van der Waals surface area contributed by atoms with E-state index in [1.54, 1.807) is 4.90 Å². The Balaban J connectivity index is 1.72. The molecule has 3 atom stereocenters. The van der Waals surface area contributed by atoms with Gasteiger partial charge in [0.2, 0.25) is 5.91 Å². The summed E-state index contributed by atoms with van der Waals surface area (Å²) in [5.74, 6) is 0.0893. The molecule has 0 unspecified atom stereocenters. The van der Waals surface area contributed by atoms with Gasteiger partial charge in [-0.2, -0.15) is 0 Å². The first kappa shape index (κ1) is 15.3. The number of carbonyl (C=O) groups excluding carboxylic acids is 2. The van der Waals surface area contributed by atoms with Crippen molar-refractivity contribution in [1.29, 1.82) is 0 Å². The summed E-state index contributed by atoms with van der Waals surface area (Å²) in [4.78, 5) is 31.9. The molecule has 5 nitrogen and oxygen atoms in total. The van der Waals surface area contributed by atoms with Gasteiger partial charge in [-0.1, -0.05) is 29.8 Å². The molecule has 2 amide bonds. The summed E-state index contributed by atoms with van der Waals surface area (Å²) in [6, 6.07) is 7.57. The number of likely N-dealkylation sites (tertiary alicyclic amines) is 1. The van der Waals surface area contributed by atoms with Gasteiger partial charge < -0.3 is 10.6 Å². The van der Waals surface area contributed by atoms with E-state index in [0.29, 0.717) is 18.2 Å². The first-order valence-electron chi connectivity index (χ1n) is 8.10. The predicted molar refractivity (Wildman–Crippen MR) is 92.6 cm³/mol. The number of fused-ring (bicyclic) bond motifs is 1. The standard InChI is InChI=1S/C18H19N3O2S/c1-9-4-3-5-11(6-9)16-14(20-10(2)24-16)18(23)21-8-12-7-13(12)15(21)17(19)22/h3-6,12-13,15H,7-8H2,1-2H3,(H2,19,22)/t12-,13-,15-/m0/s1. The topological polar surface area (TPSA) is 76.3 Å². The third-order valence-electron chi connectivity index (χ3n) is 4.92. The van der Waals surface area contributed by atoms with Crippen molar-refractivity contribution in [2.45, 2.75) is 26.3 Å². The number of aromatic nitrogens is 1. The maximum atomic E-state index is 13.1. The van der Waals surface area contributed by atoms with Gasteiger partial charge in [0.15, 0.2) is 0 Å². The summed E-state index contributed by atoms with van der Waals surface area (Å²) in [7, 11) is 0. The van der Waals surface area contributed by atoms with E-state index in [4.69, 9.17) is 5.73 Å². The van der Waals surface area contributed by atoms with Crippen molar-refractivity contribution in [3.8, 4) is 10.4 Å². The molecule has 2 fully saturated rings. The number of carbonyl (C=O) groups is 2. The van der Waals surface area contributed by atoms with E-state index in [-0.39, 0.29) is 11.8 Å². The monoisotopic (exact) mass is 341 g/mol. The lowest BCUT2D eigenvalue weighted by Crippen LogP contribution is -2.46. The van der Waals surface area contributed by atoms with E-state index in [1.165, 1.54) is 11.3 Å². The molecule has 0 bridgehead atoms. The Kier molecular flexibility index (Phi) is 3.46. The van der Waals surface area contributed by atoms with Gasteiger partial charge in [-0.05, 0) is 37.7 Å². The van der Waals surface area contributed by atoms with E-state index >= 15 is 0 Å². The van der Waals surface area contributed by atoms with Crippen LogP contribution in [-0.2, 0) is 4.79 Å². The fourth-order valence-corrected chi connectivity index (χ4v) is 4.64. The molecule has 1 aliphatic carbocycles. The fourth-order valence-electron chi connectivity index (χ4n) is 3.73. The van der Waals surface area contributed by atoms with Crippen LogP contribution in [0.5, 0.6) is 0 Å². The van der Waals surface area contributed by atoms with Gasteiger partial charge >= 0.3 is 0 Å². The molecule has 1 aliphatic heterocycles. The first-order chi connectivity index (χ1) is 11.5. The maximum absolute atomic E-state index is 13.1. The van der Waals surface area contributed by atoms with E-state index < -0.39 is 11.9 Å². The van der Waals surface area contributed by atoms with Crippen molar-refractivity contribution in [3.05, 3.63) is 40.5 Å². The molecule has 124 valence electrons. The molecule has 6 heteroatoms. The van der Waals surface area contributed by atoms with Crippen LogP contribution in [0.1, 0.15) is 27.5 Å². The smallest absolute Gasteiger partial charge is 0.274 e. The number of thiazole rings is 1. The largest absolute Gasteiger partial charge is 0.368 e. The Bertz CT molecular complexity index is 845. The lowest BCUT2D eigenvalue weighted by Gasteiger charge is -2.24. The number of nitrogens with two attached hydrogens (primary N) is 1. The van der Waals surface area contributed by atoms with E-state index in [1.807, 2.05) is 32.0 Å². The number of piperidine rings is 1. The summed E-state index contributed by atoms with van der Waals surface area (Å²) >= 11 is 1.51. The van der Waals surface area contributed by atoms with Gasteiger partial charge in [0.1, 0.15) is 11.7 Å². The molecule has 4 rings (SSSR count). The second kappa shape index (κ2) is 5.41. The van der Waals surface area contributed by atoms with Crippen LogP contribution in [0.15, 0.2) is 24.3 Å². The highest BCUT2D eigenvalue weighted by Crippen LogP contribution is 2.50. The van der Waals surface area contributed by atoms with E-state index in [9.17, 15) is 9.59 Å². The third-order valence-corrected chi connectivity index (χ3v) is 5.94. The van der Waals surface area contributed by atoms with Gasteiger partial charge in [-0.25, -0.2) is 4.98 Å². The summed E-state index contributed by atoms with van der Waals surface area (Å²) in [5.41, 5.74) is 8.11. The van der Waals surface area contributed by atoms with Crippen LogP contribution in [0.3, 0.4) is 0 Å². The van der Waals surface area contributed by atoms with Gasteiger partial charge in [0.25, 0.3) is 5.91 Å². The van der Waals surface area contributed by atoms with Gasteiger partial charge in [0.05, 0.1) is 9.88 Å². The highest BCUT2D eigenvalue weighted by atomic mass is 32.1. The second-order valence-electron chi connectivity index (χ2n) is 6.74. The van der Waals surface area contributed by atoms with Crippen LogP contribution in [-0.4, -0.2) is 34.3 Å². The Hall–Kier alpha value is -2.21. The molecule has 2 heterocycles. The predicted octanol–water partition coefficient (Wildman–Crippen LogP) is 2.37. The zero-order chi connectivity index (χ0) is 17.0. The van der Waals surface area contributed by atoms with Crippen molar-refractivity contribution in [2.75, 3.05) is 6.54 Å². The summed E-state index contributed by atoms with van der Waals surface area (Å²) < 4.78 is 0. The Labute approximate surface area is 144 Å². The number of nitrogens with zero attached hydrogens (tertiary/aromatic N) is 2. The Morgan fingerprint density at radius 3 is 2.83 bits per heavy atom. The number of hydrogen-bond acceptors (Lipinski definition) is 4. The van der Waals surface area contributed by atoms with Crippen LogP contribution < -0.4 is 5.73 Å². The molecule has 2 aliphatic rings. The zero-order valence-corrected chi connectivity index (χ0v) is 14.5. The van der Waals surface area contributed by atoms with Crippen LogP contribution in [0, 0.1) is 25.7 Å². The molecular weight excluding hydrogens is 322 g/mol. The molecule has 1 saturated carbocycles. The van der Waals surface area contributed by atoms with Gasteiger partial charge in [-0.15, -0.1) is 11.3 Å². The first-order valence-corrected chi connectivity index (χ1v) is 8.92. The molecule has 1 aromatic carbocycles. The second-order valence-corrected chi connectivity index (χ2v) is 7.95. The Morgan fingerprint density at radius 2 is 2.12 bits per heavy atom. The van der Waals surface area contributed by atoms with Crippen molar-refractivity contribution in [2.24, 2.45) is 17.6 Å². The minimum absolute atomic E-state index is 0.174. The average molecular weight is 341 g/mol. The molecule has 1 aromatic heterocycles. The van der Waals surface area contributed by atoms with Crippen molar-refractivity contribution in [3.63, 3.8) is 0 Å². The SMILES string of the molecule is Cc1cccc(-c2sc(C)nc2C(=O)N2C[C@@H]3C[C@@H]3[C@H]2C(N)=O)c1. The van der Waals surface area contributed by atoms with Crippen molar-refractivity contribution >= 4 is 23.2 Å². The average Bonchev–Trinajstić information content (AvgIpc) is 3.01. The summed E-state index contributed by atoms with van der Waals surface area (Å²) in [6.07, 6.45) is 0.998. The zero-order valence-electron chi connectivity index (χ0n) is 13.7. The molecule has 0 spiro atoms. The molecular formula is C18H19N3O2S. The molecule has 24 heavy (non-hydrogen) atoms. The van der Waals surface area contributed by atoms with Crippen LogP contribution in [0.4, 0.5) is 0 Å². The molecule has 1 saturated heterocycles. The van der Waals surface area contributed by atoms with Crippen LogP contribution in [0.25, 0.3) is 10.4 Å². The lowest BCUT2D eigenvalue weighted by atomic mass is 10.1. The van der Waals surface area contributed by atoms with Crippen LogP contribution >= 0.6 is 11.3 Å². The summed E-state index contributed by atoms with van der Waals surface area (Å²) in [6.45, 7) is 4.53. The van der Waals surface area contributed by atoms with Gasteiger partial charge in [-0.3, -0.25) is 9.59 Å². The highest BCUT2D eigenvalue weighted by molar-refractivity contribution is 7.15. The molecule has 0 radical (unpaired) electrons. The van der Waals surface area contributed by atoms with Crippen LogP contribution in [0.2, 0.25) is 0 Å². The lowest BCUT2D eigenvalue weighted by molar-refractivity contribution is -0.122. The number of primary amides is 1. The minimum Gasteiger partial charge on any atom is -0.368 e. The third kappa shape index (κ3) is 2.41. The normalized spacial score (nSPS) is 24.8. The maximum Gasteiger partial charge on any atom is 0.274 e. The fraction of sp³-hybridized carbons (Fsp3) is 0.389. The quantitative estimate of drug-likeness (QED) is 0.931.